The standard InChI is InChI=1S/C12H8BrF4N3O/c1-18-11-19-9(12(15,16)17)5-10(20-11)21-6-2-3-7(13)8(14)4-6/h2-5H,1H3,(H,18,19,20). The van der Waals surface area contributed by atoms with Crippen molar-refractivity contribution in [1.82, 2.24) is 9.97 Å². The maximum Gasteiger partial charge on any atom is 0.433 e. The molecule has 0 aliphatic carbocycles. The number of rotatable bonds is 3. The molecule has 1 aromatic heterocycles. The Morgan fingerprint density at radius 2 is 1.90 bits per heavy atom. The molecular formula is C12H8BrF4N3O. The molecule has 2 aromatic rings. The molecule has 9 heteroatoms. The summed E-state index contributed by atoms with van der Waals surface area (Å²) in [6.07, 6.45) is -4.64. The summed E-state index contributed by atoms with van der Waals surface area (Å²) in [5, 5.41) is 2.40. The van der Waals surface area contributed by atoms with Crippen molar-refractivity contribution >= 4 is 21.9 Å². The predicted octanol–water partition coefficient (Wildman–Crippen LogP) is 4.23. The third-order valence-corrected chi connectivity index (χ3v) is 2.97. The van der Waals surface area contributed by atoms with Gasteiger partial charge in [-0.2, -0.15) is 18.2 Å². The van der Waals surface area contributed by atoms with Gasteiger partial charge < -0.3 is 10.1 Å². The minimum absolute atomic E-state index is 0.0181. The number of nitrogens with one attached hydrogen (secondary N) is 1. The number of halogens is 5. The number of benzene rings is 1. The van der Waals surface area contributed by atoms with E-state index in [0.29, 0.717) is 6.07 Å². The van der Waals surface area contributed by atoms with Crippen molar-refractivity contribution in [2.45, 2.75) is 6.18 Å². The third-order valence-electron chi connectivity index (χ3n) is 2.33. The third kappa shape index (κ3) is 3.81. The Hall–Kier alpha value is -1.90. The van der Waals surface area contributed by atoms with Crippen molar-refractivity contribution in [3.8, 4) is 11.6 Å². The van der Waals surface area contributed by atoms with Crippen molar-refractivity contribution in [1.29, 1.82) is 0 Å². The summed E-state index contributed by atoms with van der Waals surface area (Å²) in [4.78, 5) is 7.02. The topological polar surface area (TPSA) is 47.0 Å². The second-order valence-electron chi connectivity index (χ2n) is 3.84. The Labute approximate surface area is 125 Å². The van der Waals surface area contributed by atoms with Crippen molar-refractivity contribution in [2.75, 3.05) is 12.4 Å². The summed E-state index contributed by atoms with van der Waals surface area (Å²) in [5.41, 5.74) is -1.16. The SMILES string of the molecule is CNc1nc(Oc2ccc(Br)c(F)c2)cc(C(F)(F)F)n1. The van der Waals surface area contributed by atoms with Gasteiger partial charge in [0.25, 0.3) is 0 Å². The Morgan fingerprint density at radius 3 is 2.48 bits per heavy atom. The fourth-order valence-electron chi connectivity index (χ4n) is 1.40. The zero-order valence-corrected chi connectivity index (χ0v) is 12.1. The van der Waals surface area contributed by atoms with Gasteiger partial charge in [0.15, 0.2) is 5.69 Å². The molecule has 0 saturated heterocycles. The maximum absolute atomic E-state index is 13.3. The number of aromatic nitrogens is 2. The van der Waals surface area contributed by atoms with Crippen LogP contribution in [0.25, 0.3) is 0 Å². The zero-order chi connectivity index (χ0) is 15.6. The van der Waals surface area contributed by atoms with Crippen LogP contribution in [0, 0.1) is 5.82 Å². The van der Waals surface area contributed by atoms with Crippen LogP contribution < -0.4 is 10.1 Å². The molecular weight excluding hydrogens is 358 g/mol. The molecule has 112 valence electrons. The zero-order valence-electron chi connectivity index (χ0n) is 10.5. The molecule has 0 unspecified atom stereocenters. The van der Waals surface area contributed by atoms with Crippen LogP contribution in [0.2, 0.25) is 0 Å². The Bertz CT molecular complexity index is 663. The van der Waals surface area contributed by atoms with E-state index in [1.54, 1.807) is 0 Å². The number of ether oxygens (including phenoxy) is 1. The first-order valence-electron chi connectivity index (χ1n) is 5.56. The van der Waals surface area contributed by atoms with Crippen LogP contribution in [0.4, 0.5) is 23.5 Å². The molecule has 1 heterocycles. The van der Waals surface area contributed by atoms with Crippen LogP contribution >= 0.6 is 15.9 Å². The van der Waals surface area contributed by atoms with Gasteiger partial charge in [-0.15, -0.1) is 0 Å². The highest BCUT2D eigenvalue weighted by atomic mass is 79.9. The number of hydrogen-bond donors (Lipinski definition) is 1. The predicted molar refractivity (Wildman–Crippen MR) is 70.8 cm³/mol. The van der Waals surface area contributed by atoms with Crippen LogP contribution in [-0.4, -0.2) is 17.0 Å². The number of hydrogen-bond acceptors (Lipinski definition) is 4. The lowest BCUT2D eigenvalue weighted by molar-refractivity contribution is -0.141. The van der Waals surface area contributed by atoms with Gasteiger partial charge in [-0.25, -0.2) is 9.37 Å². The molecule has 21 heavy (non-hydrogen) atoms. The van der Waals surface area contributed by atoms with Gasteiger partial charge in [-0.3, -0.25) is 0 Å². The molecule has 2 rings (SSSR count). The van der Waals surface area contributed by atoms with E-state index in [9.17, 15) is 17.6 Å². The maximum atomic E-state index is 13.3. The van der Waals surface area contributed by atoms with Crippen LogP contribution in [0.1, 0.15) is 5.69 Å². The first-order chi connectivity index (χ1) is 9.79. The lowest BCUT2D eigenvalue weighted by Crippen LogP contribution is -2.11. The molecule has 0 bridgehead atoms. The van der Waals surface area contributed by atoms with Gasteiger partial charge in [0.05, 0.1) is 4.47 Å². The molecule has 1 aromatic carbocycles. The van der Waals surface area contributed by atoms with Gasteiger partial charge >= 0.3 is 6.18 Å². The molecule has 0 fully saturated rings. The van der Waals surface area contributed by atoms with Crippen LogP contribution in [-0.2, 0) is 6.18 Å². The van der Waals surface area contributed by atoms with Gasteiger partial charge in [0.2, 0.25) is 11.8 Å². The molecule has 4 nitrogen and oxygen atoms in total. The molecule has 0 aliphatic rings. The molecule has 1 N–H and O–H groups in total. The fraction of sp³-hybridized carbons (Fsp3) is 0.167. The quantitative estimate of drug-likeness (QED) is 0.826. The molecule has 0 amide bonds. The van der Waals surface area contributed by atoms with Gasteiger partial charge in [-0.1, -0.05) is 0 Å². The van der Waals surface area contributed by atoms with Gasteiger partial charge in [0, 0.05) is 19.2 Å². The van der Waals surface area contributed by atoms with E-state index in [-0.39, 0.29) is 22.1 Å². The van der Waals surface area contributed by atoms with E-state index in [2.05, 4.69) is 31.2 Å². The van der Waals surface area contributed by atoms with Crippen LogP contribution in [0.15, 0.2) is 28.7 Å². The average Bonchev–Trinajstić information content (AvgIpc) is 2.41. The summed E-state index contributed by atoms with van der Waals surface area (Å²) in [5.74, 6) is -1.18. The smallest absolute Gasteiger partial charge is 0.433 e. The van der Waals surface area contributed by atoms with E-state index in [1.807, 2.05) is 0 Å². The van der Waals surface area contributed by atoms with Crippen molar-refractivity contribution in [2.24, 2.45) is 0 Å². The summed E-state index contributed by atoms with van der Waals surface area (Å²) in [7, 11) is 1.37. The highest BCUT2D eigenvalue weighted by molar-refractivity contribution is 9.10. The molecule has 0 spiro atoms. The highest BCUT2D eigenvalue weighted by Gasteiger charge is 2.34. The van der Waals surface area contributed by atoms with E-state index < -0.39 is 17.7 Å². The van der Waals surface area contributed by atoms with E-state index in [4.69, 9.17) is 4.74 Å². The van der Waals surface area contributed by atoms with Gasteiger partial charge in [-0.05, 0) is 28.1 Å². The number of nitrogens with zero attached hydrogens (tertiary/aromatic N) is 2. The highest BCUT2D eigenvalue weighted by Crippen LogP contribution is 2.32. The van der Waals surface area contributed by atoms with Crippen molar-refractivity contribution < 1.29 is 22.3 Å². The van der Waals surface area contributed by atoms with Crippen LogP contribution in [0.3, 0.4) is 0 Å². The van der Waals surface area contributed by atoms with E-state index in [1.165, 1.54) is 19.2 Å². The molecule has 0 aliphatic heterocycles. The minimum Gasteiger partial charge on any atom is -0.439 e. The average molecular weight is 366 g/mol. The lowest BCUT2D eigenvalue weighted by atomic mass is 10.3. The van der Waals surface area contributed by atoms with Crippen molar-refractivity contribution in [3.05, 3.63) is 40.2 Å². The molecule has 0 saturated carbocycles. The second kappa shape index (κ2) is 5.84. The number of anilines is 1. The summed E-state index contributed by atoms with van der Waals surface area (Å²) in [6, 6.07) is 4.43. The largest absolute Gasteiger partial charge is 0.439 e. The summed E-state index contributed by atoms with van der Waals surface area (Å²) < 4.78 is 56.8. The van der Waals surface area contributed by atoms with Crippen LogP contribution in [0.5, 0.6) is 11.6 Å². The second-order valence-corrected chi connectivity index (χ2v) is 4.70. The Kier molecular flexibility index (Phi) is 4.31. The molecule has 0 atom stereocenters. The minimum atomic E-state index is -4.64. The van der Waals surface area contributed by atoms with E-state index >= 15 is 0 Å². The fourth-order valence-corrected chi connectivity index (χ4v) is 1.64. The first-order valence-corrected chi connectivity index (χ1v) is 6.36. The van der Waals surface area contributed by atoms with Gasteiger partial charge in [0.1, 0.15) is 11.6 Å². The first kappa shape index (κ1) is 15.5. The Balaban J connectivity index is 2.36. The summed E-state index contributed by atoms with van der Waals surface area (Å²) >= 11 is 2.96. The molecule has 0 radical (unpaired) electrons. The Morgan fingerprint density at radius 1 is 1.19 bits per heavy atom. The monoisotopic (exact) mass is 365 g/mol. The normalized spacial score (nSPS) is 11.3. The summed E-state index contributed by atoms with van der Waals surface area (Å²) in [6.45, 7) is 0. The number of alkyl halides is 3. The van der Waals surface area contributed by atoms with Crippen molar-refractivity contribution in [3.63, 3.8) is 0 Å². The van der Waals surface area contributed by atoms with E-state index in [0.717, 1.165) is 6.07 Å². The lowest BCUT2D eigenvalue weighted by Gasteiger charge is -2.11.